The molecule has 0 spiro atoms. The van der Waals surface area contributed by atoms with Crippen LogP contribution in [0.15, 0.2) is 86.9 Å². The van der Waals surface area contributed by atoms with Crippen LogP contribution in [0.25, 0.3) is 21.9 Å². The molecule has 4 rings (SSSR count). The Morgan fingerprint density at radius 2 is 1.65 bits per heavy atom. The van der Waals surface area contributed by atoms with Gasteiger partial charge in [0.05, 0.1) is 34.4 Å². The minimum atomic E-state index is -0.870. The van der Waals surface area contributed by atoms with Gasteiger partial charge in [0.2, 0.25) is 5.43 Å². The normalized spacial score (nSPS) is 15.9. The molecule has 2 aromatic carbocycles. The second kappa shape index (κ2) is 9.39. The number of hydrogen-bond donors (Lipinski definition) is 1. The third-order valence-corrected chi connectivity index (χ3v) is 5.75. The lowest BCUT2D eigenvalue weighted by molar-refractivity contribution is -0.139. The fraction of sp³-hybridized carbons (Fsp3) is 0.222. The van der Waals surface area contributed by atoms with Crippen molar-refractivity contribution < 1.29 is 23.5 Å². The van der Waals surface area contributed by atoms with Gasteiger partial charge in [-0.2, -0.15) is 0 Å². The highest BCUT2D eigenvalue weighted by molar-refractivity contribution is 6.02. The van der Waals surface area contributed by atoms with Crippen LogP contribution in [0.5, 0.6) is 0 Å². The van der Waals surface area contributed by atoms with Gasteiger partial charge in [-0.05, 0) is 39.0 Å². The smallest absolute Gasteiger partial charge is 0.337 e. The summed E-state index contributed by atoms with van der Waals surface area (Å²) >= 11 is 0. The highest BCUT2D eigenvalue weighted by Gasteiger charge is 2.39. The molecule has 3 aromatic rings. The van der Waals surface area contributed by atoms with Crippen molar-refractivity contribution in [1.29, 1.82) is 0 Å². The molecule has 1 unspecified atom stereocenters. The summed E-state index contributed by atoms with van der Waals surface area (Å²) in [7, 11) is 0. The van der Waals surface area contributed by atoms with Gasteiger partial charge in [0, 0.05) is 17.0 Å². The van der Waals surface area contributed by atoms with Crippen molar-refractivity contribution >= 4 is 33.9 Å². The molecule has 0 radical (unpaired) electrons. The van der Waals surface area contributed by atoms with Crippen LogP contribution in [0.4, 0.5) is 0 Å². The Labute approximate surface area is 196 Å². The topological polar surface area (TPSA) is 94.8 Å². The zero-order valence-electron chi connectivity index (χ0n) is 19.3. The molecule has 0 saturated carbocycles. The van der Waals surface area contributed by atoms with E-state index >= 15 is 0 Å². The van der Waals surface area contributed by atoms with E-state index in [1.165, 1.54) is 6.08 Å². The van der Waals surface area contributed by atoms with Gasteiger partial charge < -0.3 is 19.2 Å². The summed E-state index contributed by atoms with van der Waals surface area (Å²) in [5.41, 5.74) is 2.58. The van der Waals surface area contributed by atoms with Gasteiger partial charge in [0.1, 0.15) is 17.8 Å². The van der Waals surface area contributed by atoms with Crippen LogP contribution < -0.4 is 10.7 Å². The molecule has 1 N–H and O–H groups in total. The molecule has 1 aliphatic rings. The first-order chi connectivity index (χ1) is 16.4. The molecule has 7 nitrogen and oxygen atoms in total. The van der Waals surface area contributed by atoms with Crippen molar-refractivity contribution in [2.45, 2.75) is 26.7 Å². The maximum atomic E-state index is 13.2. The number of rotatable bonds is 6. The number of esters is 2. The summed E-state index contributed by atoms with van der Waals surface area (Å²) in [5, 5.41) is 3.91. The average molecular weight is 459 g/mol. The summed E-state index contributed by atoms with van der Waals surface area (Å²) in [6.45, 7) is 8.95. The van der Waals surface area contributed by atoms with Crippen molar-refractivity contribution in [1.82, 2.24) is 5.32 Å². The standard InChI is InChI=1S/C27H25NO6/c1-5-14-33-27(31)22-16(4)28-15(3)21(26(30)32-6-2)23(22)18-11-9-12-19-24(29)17-10-7-8-13-20(17)34-25(18)19/h5,7-13,23,28H,1,6,14H2,2-4H3. The minimum Gasteiger partial charge on any atom is -0.463 e. The number of ether oxygens (including phenoxy) is 2. The quantitative estimate of drug-likeness (QED) is 0.330. The second-order valence-corrected chi connectivity index (χ2v) is 7.89. The van der Waals surface area contributed by atoms with E-state index in [2.05, 4.69) is 11.9 Å². The summed E-state index contributed by atoms with van der Waals surface area (Å²) in [5.74, 6) is -2.05. The molecule has 0 amide bonds. The number of benzene rings is 2. The van der Waals surface area contributed by atoms with E-state index < -0.39 is 17.9 Å². The van der Waals surface area contributed by atoms with Crippen LogP contribution in [0.1, 0.15) is 32.3 Å². The van der Waals surface area contributed by atoms with Gasteiger partial charge in [-0.25, -0.2) is 9.59 Å². The summed E-state index contributed by atoms with van der Waals surface area (Å²) in [6.07, 6.45) is 1.47. The number of allylic oxidation sites excluding steroid dienone is 2. The monoisotopic (exact) mass is 459 g/mol. The predicted octanol–water partition coefficient (Wildman–Crippen LogP) is 4.47. The Hall–Kier alpha value is -4.13. The first-order valence-corrected chi connectivity index (χ1v) is 11.0. The molecule has 2 heterocycles. The van der Waals surface area contributed by atoms with Crippen LogP contribution in [0.3, 0.4) is 0 Å². The zero-order valence-corrected chi connectivity index (χ0v) is 19.3. The van der Waals surface area contributed by atoms with Crippen molar-refractivity contribution in [3.05, 3.63) is 93.4 Å². The highest BCUT2D eigenvalue weighted by Crippen LogP contribution is 2.42. The Bertz CT molecular complexity index is 1440. The van der Waals surface area contributed by atoms with Gasteiger partial charge in [0.25, 0.3) is 0 Å². The molecule has 0 saturated heterocycles. The summed E-state index contributed by atoms with van der Waals surface area (Å²) < 4.78 is 16.9. The lowest BCUT2D eigenvalue weighted by atomic mass is 9.79. The first kappa shape index (κ1) is 23.0. The van der Waals surface area contributed by atoms with Gasteiger partial charge >= 0.3 is 11.9 Å². The zero-order chi connectivity index (χ0) is 24.4. The van der Waals surface area contributed by atoms with E-state index in [9.17, 15) is 14.4 Å². The van der Waals surface area contributed by atoms with Gasteiger partial charge in [-0.1, -0.05) is 36.9 Å². The van der Waals surface area contributed by atoms with Crippen LogP contribution in [-0.4, -0.2) is 25.2 Å². The van der Waals surface area contributed by atoms with E-state index in [4.69, 9.17) is 13.9 Å². The number of nitrogens with one attached hydrogen (secondary N) is 1. The van der Waals surface area contributed by atoms with E-state index in [1.54, 1.807) is 63.2 Å². The van der Waals surface area contributed by atoms with Gasteiger partial charge in [-0.15, -0.1) is 0 Å². The predicted molar refractivity (Wildman–Crippen MR) is 129 cm³/mol. The number of hydrogen-bond acceptors (Lipinski definition) is 7. The Morgan fingerprint density at radius 3 is 2.32 bits per heavy atom. The maximum absolute atomic E-state index is 13.2. The molecule has 1 aromatic heterocycles. The molecular weight excluding hydrogens is 434 g/mol. The van der Waals surface area contributed by atoms with Crippen molar-refractivity contribution in [2.24, 2.45) is 0 Å². The molecule has 1 atom stereocenters. The van der Waals surface area contributed by atoms with Crippen LogP contribution in [-0.2, 0) is 19.1 Å². The Balaban J connectivity index is 2.04. The number of carbonyl (C=O) groups excluding carboxylic acids is 2. The molecule has 0 fully saturated rings. The van der Waals surface area contributed by atoms with Crippen molar-refractivity contribution in [2.75, 3.05) is 13.2 Å². The first-order valence-electron chi connectivity index (χ1n) is 11.0. The fourth-order valence-electron chi connectivity index (χ4n) is 4.34. The SMILES string of the molecule is C=CCOC(=O)C1=C(C)NC(C)=C(C(=O)OCC)C1c1cccc2c(=O)c3ccccc3oc12. The third kappa shape index (κ3) is 3.90. The second-order valence-electron chi connectivity index (χ2n) is 7.89. The molecule has 0 bridgehead atoms. The fourth-order valence-corrected chi connectivity index (χ4v) is 4.34. The van der Waals surface area contributed by atoms with Gasteiger partial charge in [0.15, 0.2) is 0 Å². The lowest BCUT2D eigenvalue weighted by Crippen LogP contribution is -2.32. The molecule has 1 aliphatic heterocycles. The van der Waals surface area contributed by atoms with Crippen molar-refractivity contribution in [3.63, 3.8) is 0 Å². The Kier molecular flexibility index (Phi) is 6.36. The number of carbonyl (C=O) groups is 2. The largest absolute Gasteiger partial charge is 0.463 e. The molecule has 7 heteroatoms. The molecule has 0 aliphatic carbocycles. The van der Waals surface area contributed by atoms with E-state index in [1.807, 2.05) is 0 Å². The summed E-state index contributed by atoms with van der Waals surface area (Å²) in [4.78, 5) is 39.5. The minimum absolute atomic E-state index is 0.00896. The number of dihydropyridines is 1. The molecule has 34 heavy (non-hydrogen) atoms. The van der Waals surface area contributed by atoms with Crippen LogP contribution in [0, 0.1) is 0 Å². The van der Waals surface area contributed by atoms with E-state index in [0.29, 0.717) is 38.9 Å². The van der Waals surface area contributed by atoms with Crippen LogP contribution >= 0.6 is 0 Å². The van der Waals surface area contributed by atoms with E-state index in [-0.39, 0.29) is 29.8 Å². The highest BCUT2D eigenvalue weighted by atomic mass is 16.5. The maximum Gasteiger partial charge on any atom is 0.337 e. The molecular formula is C27H25NO6. The van der Waals surface area contributed by atoms with Crippen molar-refractivity contribution in [3.8, 4) is 0 Å². The number of para-hydroxylation sites is 2. The van der Waals surface area contributed by atoms with Crippen LogP contribution in [0.2, 0.25) is 0 Å². The average Bonchev–Trinajstić information content (AvgIpc) is 2.82. The summed E-state index contributed by atoms with van der Waals surface area (Å²) in [6, 6.07) is 12.1. The van der Waals surface area contributed by atoms with Gasteiger partial charge in [-0.3, -0.25) is 4.79 Å². The third-order valence-electron chi connectivity index (χ3n) is 5.75. The Morgan fingerprint density at radius 1 is 1.00 bits per heavy atom. The number of fused-ring (bicyclic) bond motifs is 2. The van der Waals surface area contributed by atoms with E-state index in [0.717, 1.165) is 0 Å². The lowest BCUT2D eigenvalue weighted by Gasteiger charge is -2.30. The molecule has 174 valence electrons.